The van der Waals surface area contributed by atoms with Crippen molar-refractivity contribution in [3.05, 3.63) is 65.7 Å². The zero-order valence-electron chi connectivity index (χ0n) is 17.1. The van der Waals surface area contributed by atoms with Gasteiger partial charge >= 0.3 is 0 Å². The maximum atomic E-state index is 13.0. The molecule has 4 rings (SSSR count). The molecule has 0 saturated carbocycles. The summed E-state index contributed by atoms with van der Waals surface area (Å²) in [4.78, 5) is 29.4. The SMILES string of the molecule is O=C(Cn1c(CCNC(=O)C2CCCO2)nc2ccccc21)NCc1ccc(F)cc1. The minimum absolute atomic E-state index is 0.0998. The van der Waals surface area contributed by atoms with Crippen molar-refractivity contribution >= 4 is 22.8 Å². The van der Waals surface area contributed by atoms with Gasteiger partial charge in [0.05, 0.1) is 11.0 Å². The summed E-state index contributed by atoms with van der Waals surface area (Å²) in [6.07, 6.45) is 1.79. The van der Waals surface area contributed by atoms with E-state index in [0.29, 0.717) is 26.1 Å². The summed E-state index contributed by atoms with van der Waals surface area (Å²) in [6.45, 7) is 1.47. The topological polar surface area (TPSA) is 85.2 Å². The summed E-state index contributed by atoms with van der Waals surface area (Å²) in [5.41, 5.74) is 2.48. The van der Waals surface area contributed by atoms with Gasteiger partial charge in [-0.05, 0) is 42.7 Å². The van der Waals surface area contributed by atoms with E-state index in [1.807, 2.05) is 28.8 Å². The van der Waals surface area contributed by atoms with Gasteiger partial charge < -0.3 is 19.9 Å². The molecule has 1 unspecified atom stereocenters. The van der Waals surface area contributed by atoms with Crippen molar-refractivity contribution in [2.75, 3.05) is 13.2 Å². The quantitative estimate of drug-likeness (QED) is 0.581. The Morgan fingerprint density at radius 3 is 2.71 bits per heavy atom. The standard InChI is InChI=1S/C23H25FN4O3/c24-17-9-7-16(8-10-17)14-26-22(29)15-28-19-5-2-1-4-18(19)27-21(28)11-12-25-23(30)20-6-3-13-31-20/h1-2,4-5,7-10,20H,3,6,11-15H2,(H,25,30)(H,26,29). The molecule has 1 saturated heterocycles. The molecule has 31 heavy (non-hydrogen) atoms. The highest BCUT2D eigenvalue weighted by molar-refractivity contribution is 5.82. The van der Waals surface area contributed by atoms with Gasteiger partial charge in [0.2, 0.25) is 11.8 Å². The Balaban J connectivity index is 1.40. The number of nitrogens with zero attached hydrogens (tertiary/aromatic N) is 2. The molecule has 1 aliphatic rings. The molecule has 0 radical (unpaired) electrons. The number of nitrogens with one attached hydrogen (secondary N) is 2. The Hall–Kier alpha value is -3.26. The van der Waals surface area contributed by atoms with E-state index in [2.05, 4.69) is 15.6 Å². The minimum Gasteiger partial charge on any atom is -0.368 e. The van der Waals surface area contributed by atoms with E-state index in [1.165, 1.54) is 12.1 Å². The van der Waals surface area contributed by atoms with Crippen LogP contribution in [0.25, 0.3) is 11.0 Å². The number of carbonyl (C=O) groups is 2. The highest BCUT2D eigenvalue weighted by atomic mass is 19.1. The third kappa shape index (κ3) is 5.27. The fourth-order valence-corrected chi connectivity index (χ4v) is 3.69. The Bertz CT molecular complexity index is 1060. The fraction of sp³-hybridized carbons (Fsp3) is 0.348. The maximum absolute atomic E-state index is 13.0. The van der Waals surface area contributed by atoms with E-state index >= 15 is 0 Å². The number of hydrogen-bond acceptors (Lipinski definition) is 4. The third-order valence-corrected chi connectivity index (χ3v) is 5.31. The lowest BCUT2D eigenvalue weighted by Gasteiger charge is -2.12. The predicted octanol–water partition coefficient (Wildman–Crippen LogP) is 2.33. The van der Waals surface area contributed by atoms with Gasteiger partial charge in [0.25, 0.3) is 0 Å². The second kappa shape index (κ2) is 9.70. The number of aromatic nitrogens is 2. The van der Waals surface area contributed by atoms with Crippen LogP contribution in [0.1, 0.15) is 24.2 Å². The number of para-hydroxylation sites is 2. The Labute approximate surface area is 179 Å². The molecule has 0 bridgehead atoms. The van der Waals surface area contributed by atoms with Crippen LogP contribution >= 0.6 is 0 Å². The summed E-state index contributed by atoms with van der Waals surface area (Å²) >= 11 is 0. The zero-order valence-corrected chi connectivity index (χ0v) is 17.1. The molecule has 0 spiro atoms. The predicted molar refractivity (Wildman–Crippen MR) is 114 cm³/mol. The minimum atomic E-state index is -0.365. The number of rotatable bonds is 8. The lowest BCUT2D eigenvalue weighted by molar-refractivity contribution is -0.130. The summed E-state index contributed by atoms with van der Waals surface area (Å²) in [5.74, 6) is 0.149. The molecule has 1 atom stereocenters. The Kier molecular flexibility index (Phi) is 6.57. The van der Waals surface area contributed by atoms with Gasteiger partial charge in [0.1, 0.15) is 24.3 Å². The largest absolute Gasteiger partial charge is 0.368 e. The summed E-state index contributed by atoms with van der Waals surface area (Å²) in [6, 6.07) is 13.6. The molecular formula is C23H25FN4O3. The van der Waals surface area contributed by atoms with Gasteiger partial charge in [0, 0.05) is 26.1 Å². The molecule has 7 nitrogen and oxygen atoms in total. The van der Waals surface area contributed by atoms with Gasteiger partial charge in [-0.15, -0.1) is 0 Å². The molecule has 3 aromatic rings. The van der Waals surface area contributed by atoms with Crippen LogP contribution in [-0.4, -0.2) is 40.6 Å². The van der Waals surface area contributed by atoms with E-state index in [0.717, 1.165) is 35.3 Å². The average molecular weight is 424 g/mol. The van der Waals surface area contributed by atoms with Crippen molar-refractivity contribution in [3.8, 4) is 0 Å². The normalized spacial score (nSPS) is 15.8. The van der Waals surface area contributed by atoms with Crippen LogP contribution in [0.2, 0.25) is 0 Å². The molecule has 2 aromatic carbocycles. The molecule has 162 valence electrons. The van der Waals surface area contributed by atoms with Crippen LogP contribution in [0, 0.1) is 5.82 Å². The van der Waals surface area contributed by atoms with Gasteiger partial charge in [-0.3, -0.25) is 9.59 Å². The molecule has 1 aromatic heterocycles. The number of imidazole rings is 1. The first-order chi connectivity index (χ1) is 15.1. The number of fused-ring (bicyclic) bond motifs is 1. The zero-order chi connectivity index (χ0) is 21.6. The Morgan fingerprint density at radius 2 is 1.94 bits per heavy atom. The number of carbonyl (C=O) groups excluding carboxylic acids is 2. The summed E-state index contributed by atoms with van der Waals surface area (Å²) in [7, 11) is 0. The fourth-order valence-electron chi connectivity index (χ4n) is 3.69. The van der Waals surface area contributed by atoms with Crippen molar-refractivity contribution in [3.63, 3.8) is 0 Å². The number of ether oxygens (including phenoxy) is 1. The van der Waals surface area contributed by atoms with Gasteiger partial charge in [-0.1, -0.05) is 24.3 Å². The van der Waals surface area contributed by atoms with Crippen LogP contribution in [0.3, 0.4) is 0 Å². The molecule has 2 amide bonds. The number of hydrogen-bond donors (Lipinski definition) is 2. The smallest absolute Gasteiger partial charge is 0.249 e. The third-order valence-electron chi connectivity index (χ3n) is 5.31. The maximum Gasteiger partial charge on any atom is 0.249 e. The second-order valence-corrected chi connectivity index (χ2v) is 7.55. The molecule has 1 fully saturated rings. The van der Waals surface area contributed by atoms with Crippen molar-refractivity contribution in [2.24, 2.45) is 0 Å². The van der Waals surface area contributed by atoms with Crippen LogP contribution in [0.4, 0.5) is 4.39 Å². The van der Waals surface area contributed by atoms with Crippen LogP contribution < -0.4 is 10.6 Å². The number of benzene rings is 2. The number of amides is 2. The van der Waals surface area contributed by atoms with E-state index in [9.17, 15) is 14.0 Å². The van der Waals surface area contributed by atoms with Crippen molar-refractivity contribution in [1.29, 1.82) is 0 Å². The lowest BCUT2D eigenvalue weighted by Crippen LogP contribution is -2.35. The van der Waals surface area contributed by atoms with Crippen molar-refractivity contribution in [1.82, 2.24) is 20.2 Å². The first-order valence-corrected chi connectivity index (χ1v) is 10.4. The molecule has 8 heteroatoms. The van der Waals surface area contributed by atoms with Crippen LogP contribution in [0.15, 0.2) is 48.5 Å². The molecule has 0 aliphatic carbocycles. The average Bonchev–Trinajstić information content (AvgIpc) is 3.42. The van der Waals surface area contributed by atoms with Crippen LogP contribution in [0.5, 0.6) is 0 Å². The highest BCUT2D eigenvalue weighted by Crippen LogP contribution is 2.17. The summed E-state index contributed by atoms with van der Waals surface area (Å²) < 4.78 is 20.3. The van der Waals surface area contributed by atoms with E-state index in [1.54, 1.807) is 12.1 Å². The molecule has 2 N–H and O–H groups in total. The molecular weight excluding hydrogens is 399 g/mol. The van der Waals surface area contributed by atoms with E-state index in [-0.39, 0.29) is 30.3 Å². The summed E-state index contributed by atoms with van der Waals surface area (Å²) in [5, 5.41) is 5.76. The van der Waals surface area contributed by atoms with Gasteiger partial charge in [-0.2, -0.15) is 0 Å². The van der Waals surface area contributed by atoms with Gasteiger partial charge in [0.15, 0.2) is 0 Å². The van der Waals surface area contributed by atoms with E-state index in [4.69, 9.17) is 4.74 Å². The van der Waals surface area contributed by atoms with Crippen molar-refractivity contribution in [2.45, 2.75) is 38.5 Å². The molecule has 2 heterocycles. The first-order valence-electron chi connectivity index (χ1n) is 10.4. The van der Waals surface area contributed by atoms with Crippen LogP contribution in [-0.2, 0) is 33.8 Å². The van der Waals surface area contributed by atoms with E-state index < -0.39 is 0 Å². The van der Waals surface area contributed by atoms with Crippen molar-refractivity contribution < 1.29 is 18.7 Å². The molecule has 1 aliphatic heterocycles. The number of halogens is 1. The Morgan fingerprint density at radius 1 is 1.13 bits per heavy atom. The second-order valence-electron chi connectivity index (χ2n) is 7.55. The highest BCUT2D eigenvalue weighted by Gasteiger charge is 2.23. The monoisotopic (exact) mass is 424 g/mol. The van der Waals surface area contributed by atoms with Gasteiger partial charge in [-0.25, -0.2) is 9.37 Å². The lowest BCUT2D eigenvalue weighted by atomic mass is 10.2. The first kappa shape index (κ1) is 21.0.